The molecule has 1 N–H and O–H groups in total. The number of hydrogen-bond acceptors (Lipinski definition) is 3. The van der Waals surface area contributed by atoms with Crippen molar-refractivity contribution in [1.29, 1.82) is 0 Å². The highest BCUT2D eigenvalue weighted by Crippen LogP contribution is 2.26. The highest BCUT2D eigenvalue weighted by atomic mass is 16.3. The van der Waals surface area contributed by atoms with Crippen LogP contribution < -0.4 is 5.32 Å². The molecule has 0 saturated heterocycles. The summed E-state index contributed by atoms with van der Waals surface area (Å²) in [6, 6.07) is 8.23. The third-order valence-electron chi connectivity index (χ3n) is 3.52. The number of imidazole rings is 1. The van der Waals surface area contributed by atoms with Crippen LogP contribution in [0.4, 0.5) is 0 Å². The molecule has 4 heteroatoms. The molecule has 21 heavy (non-hydrogen) atoms. The minimum absolute atomic E-state index is 0.639. The number of aromatic nitrogens is 2. The predicted octanol–water partition coefficient (Wildman–Crippen LogP) is 3.42. The van der Waals surface area contributed by atoms with E-state index >= 15 is 0 Å². The van der Waals surface area contributed by atoms with E-state index in [1.165, 1.54) is 10.9 Å². The number of nitrogens with one attached hydrogen (secondary N) is 1. The fourth-order valence-corrected chi connectivity index (χ4v) is 2.50. The summed E-state index contributed by atoms with van der Waals surface area (Å²) in [7, 11) is 0. The van der Waals surface area contributed by atoms with Crippen molar-refractivity contribution in [3.8, 4) is 0 Å². The molecule has 0 atom stereocenters. The zero-order chi connectivity index (χ0) is 14.7. The fraction of sp³-hybridized carbons (Fsp3) is 0.353. The van der Waals surface area contributed by atoms with Crippen LogP contribution in [0.3, 0.4) is 0 Å². The van der Waals surface area contributed by atoms with Gasteiger partial charge in [-0.05, 0) is 18.5 Å². The fourth-order valence-electron chi connectivity index (χ4n) is 2.50. The molecule has 3 rings (SSSR count). The number of hydrogen-bond donors (Lipinski definition) is 1. The van der Waals surface area contributed by atoms with Crippen molar-refractivity contribution in [2.75, 3.05) is 6.54 Å². The van der Waals surface area contributed by atoms with E-state index in [2.05, 4.69) is 36.3 Å². The average Bonchev–Trinajstić information content (AvgIpc) is 3.07. The van der Waals surface area contributed by atoms with Crippen LogP contribution in [-0.2, 0) is 13.1 Å². The third-order valence-corrected chi connectivity index (χ3v) is 3.52. The van der Waals surface area contributed by atoms with E-state index in [-0.39, 0.29) is 0 Å². The monoisotopic (exact) mass is 283 g/mol. The molecule has 0 aliphatic rings. The molecule has 4 nitrogen and oxygen atoms in total. The van der Waals surface area contributed by atoms with Crippen molar-refractivity contribution in [2.45, 2.75) is 26.9 Å². The molecular weight excluding hydrogens is 262 g/mol. The maximum absolute atomic E-state index is 6.04. The van der Waals surface area contributed by atoms with Gasteiger partial charge in [-0.25, -0.2) is 4.98 Å². The Morgan fingerprint density at radius 3 is 2.90 bits per heavy atom. The molecule has 0 bridgehead atoms. The smallest absolute Gasteiger partial charge is 0.134 e. The van der Waals surface area contributed by atoms with Crippen LogP contribution in [0.25, 0.3) is 11.0 Å². The molecule has 2 heterocycles. The molecule has 0 unspecified atom stereocenters. The van der Waals surface area contributed by atoms with Gasteiger partial charge in [0, 0.05) is 29.9 Å². The van der Waals surface area contributed by atoms with Gasteiger partial charge in [-0.15, -0.1) is 0 Å². The van der Waals surface area contributed by atoms with E-state index in [1.807, 2.05) is 29.2 Å². The van der Waals surface area contributed by atoms with Gasteiger partial charge < -0.3 is 14.3 Å². The topological polar surface area (TPSA) is 43.0 Å². The van der Waals surface area contributed by atoms with E-state index < -0.39 is 0 Å². The molecule has 0 radical (unpaired) electrons. The van der Waals surface area contributed by atoms with Gasteiger partial charge >= 0.3 is 0 Å². The molecule has 0 aliphatic carbocycles. The van der Waals surface area contributed by atoms with Gasteiger partial charge in [-0.2, -0.15) is 0 Å². The van der Waals surface area contributed by atoms with E-state index in [0.717, 1.165) is 24.4 Å². The summed E-state index contributed by atoms with van der Waals surface area (Å²) >= 11 is 0. The molecule has 0 aliphatic heterocycles. The zero-order valence-corrected chi connectivity index (χ0v) is 12.5. The van der Waals surface area contributed by atoms with Crippen LogP contribution in [0.2, 0.25) is 0 Å². The minimum atomic E-state index is 0.639. The van der Waals surface area contributed by atoms with Crippen molar-refractivity contribution in [1.82, 2.24) is 14.9 Å². The zero-order valence-electron chi connectivity index (χ0n) is 12.5. The highest BCUT2D eigenvalue weighted by Gasteiger charge is 2.14. The lowest BCUT2D eigenvalue weighted by atomic mass is 10.1. The SMILES string of the molecule is CC(C)CNCc1c(Cn2ccnc2)oc2ccccc12. The average molecular weight is 283 g/mol. The van der Waals surface area contributed by atoms with E-state index in [1.54, 1.807) is 6.20 Å². The molecule has 3 aromatic rings. The second-order valence-corrected chi connectivity index (χ2v) is 5.76. The Morgan fingerprint density at radius 1 is 1.29 bits per heavy atom. The summed E-state index contributed by atoms with van der Waals surface area (Å²) in [5.41, 5.74) is 2.20. The standard InChI is InChI=1S/C17H21N3O/c1-13(2)9-19-10-15-14-5-3-4-6-16(14)21-17(15)11-20-8-7-18-12-20/h3-8,12-13,19H,9-11H2,1-2H3. The second-order valence-electron chi connectivity index (χ2n) is 5.76. The van der Waals surface area contributed by atoms with Crippen molar-refractivity contribution in [2.24, 2.45) is 5.92 Å². The summed E-state index contributed by atoms with van der Waals surface area (Å²) in [4.78, 5) is 4.09. The first kappa shape index (κ1) is 13.9. The summed E-state index contributed by atoms with van der Waals surface area (Å²) in [5.74, 6) is 1.64. The summed E-state index contributed by atoms with van der Waals surface area (Å²) < 4.78 is 8.07. The van der Waals surface area contributed by atoms with Crippen LogP contribution in [0.1, 0.15) is 25.2 Å². The Bertz CT molecular complexity index is 698. The molecule has 1 aromatic carbocycles. The maximum Gasteiger partial charge on any atom is 0.134 e. The van der Waals surface area contributed by atoms with E-state index in [4.69, 9.17) is 4.42 Å². The lowest BCUT2D eigenvalue weighted by Crippen LogP contribution is -2.19. The van der Waals surface area contributed by atoms with Crippen molar-refractivity contribution >= 4 is 11.0 Å². The number of benzene rings is 1. The Labute approximate surface area is 124 Å². The predicted molar refractivity (Wildman–Crippen MR) is 84.1 cm³/mol. The van der Waals surface area contributed by atoms with Gasteiger partial charge in [0.05, 0.1) is 12.9 Å². The highest BCUT2D eigenvalue weighted by molar-refractivity contribution is 5.82. The van der Waals surface area contributed by atoms with Gasteiger partial charge in [-0.1, -0.05) is 32.0 Å². The van der Waals surface area contributed by atoms with E-state index in [9.17, 15) is 0 Å². The molecule has 0 spiro atoms. The third kappa shape index (κ3) is 3.16. The molecule has 110 valence electrons. The first-order valence-electron chi connectivity index (χ1n) is 7.40. The number of rotatable bonds is 6. The van der Waals surface area contributed by atoms with Crippen LogP contribution in [0.5, 0.6) is 0 Å². The summed E-state index contributed by atoms with van der Waals surface area (Å²) in [6.45, 7) is 6.98. The number of furan rings is 1. The van der Waals surface area contributed by atoms with Crippen LogP contribution >= 0.6 is 0 Å². The Kier molecular flexibility index (Phi) is 4.06. The number of fused-ring (bicyclic) bond motifs is 1. The molecule has 0 amide bonds. The molecule has 0 fully saturated rings. The van der Waals surface area contributed by atoms with Gasteiger partial charge in [0.15, 0.2) is 0 Å². The van der Waals surface area contributed by atoms with Crippen molar-refractivity contribution in [3.05, 3.63) is 54.3 Å². The quantitative estimate of drug-likeness (QED) is 0.753. The Balaban J connectivity index is 1.89. The van der Waals surface area contributed by atoms with Gasteiger partial charge in [-0.3, -0.25) is 0 Å². The first-order valence-corrected chi connectivity index (χ1v) is 7.40. The van der Waals surface area contributed by atoms with Gasteiger partial charge in [0.1, 0.15) is 11.3 Å². The Morgan fingerprint density at radius 2 is 2.14 bits per heavy atom. The van der Waals surface area contributed by atoms with Crippen LogP contribution in [-0.4, -0.2) is 16.1 Å². The van der Waals surface area contributed by atoms with Gasteiger partial charge in [0.25, 0.3) is 0 Å². The molecule has 2 aromatic heterocycles. The van der Waals surface area contributed by atoms with Crippen molar-refractivity contribution in [3.63, 3.8) is 0 Å². The minimum Gasteiger partial charge on any atom is -0.459 e. The lowest BCUT2D eigenvalue weighted by molar-refractivity contribution is 0.507. The second kappa shape index (κ2) is 6.14. The van der Waals surface area contributed by atoms with Crippen LogP contribution in [0.15, 0.2) is 47.4 Å². The van der Waals surface area contributed by atoms with E-state index in [0.29, 0.717) is 12.5 Å². The van der Waals surface area contributed by atoms with Crippen LogP contribution in [0, 0.1) is 5.92 Å². The maximum atomic E-state index is 6.04. The Hall–Kier alpha value is -2.07. The first-order chi connectivity index (χ1) is 10.2. The molecule has 0 saturated carbocycles. The lowest BCUT2D eigenvalue weighted by Gasteiger charge is -2.08. The summed E-state index contributed by atoms with van der Waals surface area (Å²) in [6.07, 6.45) is 5.57. The van der Waals surface area contributed by atoms with Gasteiger partial charge in [0.2, 0.25) is 0 Å². The summed E-state index contributed by atoms with van der Waals surface area (Å²) in [5, 5.41) is 4.71. The largest absolute Gasteiger partial charge is 0.459 e. The number of nitrogens with zero attached hydrogens (tertiary/aromatic N) is 2. The molecular formula is C17H21N3O. The normalized spacial score (nSPS) is 11.6. The number of para-hydroxylation sites is 1. The van der Waals surface area contributed by atoms with Crippen molar-refractivity contribution < 1.29 is 4.42 Å².